The van der Waals surface area contributed by atoms with Gasteiger partial charge < -0.3 is 14.7 Å². The number of carbonyl (C=O) groups excluding carboxylic acids is 1. The topological polar surface area (TPSA) is 78.4 Å². The van der Waals surface area contributed by atoms with E-state index in [1.54, 1.807) is 30.4 Å². The van der Waals surface area contributed by atoms with Gasteiger partial charge >= 0.3 is 0 Å². The minimum absolute atomic E-state index is 0.184. The van der Waals surface area contributed by atoms with Gasteiger partial charge in [-0.3, -0.25) is 4.79 Å². The van der Waals surface area contributed by atoms with E-state index in [2.05, 4.69) is 30.0 Å². The predicted octanol–water partition coefficient (Wildman–Crippen LogP) is 1.87. The van der Waals surface area contributed by atoms with Gasteiger partial charge in [0.15, 0.2) is 11.5 Å². The van der Waals surface area contributed by atoms with Crippen molar-refractivity contribution >= 4 is 23.4 Å². The first-order chi connectivity index (χ1) is 13.7. The molecular weight excluding hydrogens is 354 g/mol. The summed E-state index contributed by atoms with van der Waals surface area (Å²) in [6.07, 6.45) is 3.50. The van der Waals surface area contributed by atoms with Crippen molar-refractivity contribution in [3.05, 3.63) is 66.6 Å². The van der Waals surface area contributed by atoms with E-state index in [0.29, 0.717) is 5.69 Å². The van der Waals surface area contributed by atoms with Crippen LogP contribution >= 0.6 is 0 Å². The zero-order valence-corrected chi connectivity index (χ0v) is 15.6. The first kappa shape index (κ1) is 17.8. The van der Waals surface area contributed by atoms with Crippen molar-refractivity contribution in [2.24, 2.45) is 0 Å². The fraction of sp³-hybridized carbons (Fsp3) is 0.250. The van der Waals surface area contributed by atoms with E-state index in [-0.39, 0.29) is 5.91 Å². The Kier molecular flexibility index (Phi) is 5.09. The molecule has 142 valence electrons. The van der Waals surface area contributed by atoms with E-state index < -0.39 is 0 Å². The van der Waals surface area contributed by atoms with E-state index in [1.165, 1.54) is 0 Å². The quantitative estimate of drug-likeness (QED) is 0.689. The van der Waals surface area contributed by atoms with Crippen LogP contribution in [0, 0.1) is 0 Å². The van der Waals surface area contributed by atoms with Crippen molar-refractivity contribution in [2.45, 2.75) is 0 Å². The van der Waals surface area contributed by atoms with Crippen LogP contribution in [-0.2, 0) is 0 Å². The molecule has 28 heavy (non-hydrogen) atoms. The highest BCUT2D eigenvalue weighted by atomic mass is 16.2. The lowest BCUT2D eigenvalue weighted by molar-refractivity contribution is 0.0987. The maximum atomic E-state index is 12.6. The zero-order valence-electron chi connectivity index (χ0n) is 15.6. The molecule has 1 aliphatic rings. The zero-order chi connectivity index (χ0) is 19.3. The SMILES string of the molecule is CN(C(=O)c1ccc(N2CCN(c3ncccn3)CC2)nn1)c1ccccc1. The monoisotopic (exact) mass is 375 g/mol. The average Bonchev–Trinajstić information content (AvgIpc) is 2.79. The summed E-state index contributed by atoms with van der Waals surface area (Å²) < 4.78 is 0. The predicted molar refractivity (Wildman–Crippen MR) is 108 cm³/mol. The molecule has 0 unspecified atom stereocenters. The molecule has 1 amide bonds. The van der Waals surface area contributed by atoms with Crippen LogP contribution in [0.3, 0.4) is 0 Å². The largest absolute Gasteiger partial charge is 0.352 e. The number of nitrogens with zero attached hydrogens (tertiary/aromatic N) is 7. The van der Waals surface area contributed by atoms with Gasteiger partial charge in [-0.2, -0.15) is 0 Å². The fourth-order valence-electron chi connectivity index (χ4n) is 3.14. The molecule has 1 fully saturated rings. The Labute approximate surface area is 163 Å². The van der Waals surface area contributed by atoms with Crippen LogP contribution in [0.25, 0.3) is 0 Å². The number of piperazine rings is 1. The van der Waals surface area contributed by atoms with Crippen molar-refractivity contribution in [3.8, 4) is 0 Å². The number of carbonyl (C=O) groups is 1. The molecule has 1 aromatic carbocycles. The number of aromatic nitrogens is 4. The molecule has 0 spiro atoms. The maximum absolute atomic E-state index is 12.6. The normalized spacial score (nSPS) is 14.0. The first-order valence-electron chi connectivity index (χ1n) is 9.16. The van der Waals surface area contributed by atoms with Crippen molar-refractivity contribution in [1.82, 2.24) is 20.2 Å². The first-order valence-corrected chi connectivity index (χ1v) is 9.16. The highest BCUT2D eigenvalue weighted by Crippen LogP contribution is 2.17. The third kappa shape index (κ3) is 3.75. The Balaban J connectivity index is 1.39. The summed E-state index contributed by atoms with van der Waals surface area (Å²) in [5, 5.41) is 8.43. The molecule has 1 saturated heterocycles. The summed E-state index contributed by atoms with van der Waals surface area (Å²) in [7, 11) is 1.73. The Morgan fingerprint density at radius 2 is 1.54 bits per heavy atom. The molecule has 0 bridgehead atoms. The van der Waals surface area contributed by atoms with Crippen LogP contribution in [0.1, 0.15) is 10.5 Å². The summed E-state index contributed by atoms with van der Waals surface area (Å²) in [5.74, 6) is 1.34. The van der Waals surface area contributed by atoms with Crippen molar-refractivity contribution in [3.63, 3.8) is 0 Å². The molecule has 2 aromatic heterocycles. The van der Waals surface area contributed by atoms with Gasteiger partial charge in [0.25, 0.3) is 5.91 Å². The van der Waals surface area contributed by atoms with Gasteiger partial charge in [0.05, 0.1) is 0 Å². The number of amides is 1. The average molecular weight is 375 g/mol. The van der Waals surface area contributed by atoms with Crippen LogP contribution in [-0.4, -0.2) is 59.3 Å². The van der Waals surface area contributed by atoms with E-state index >= 15 is 0 Å². The van der Waals surface area contributed by atoms with Gasteiger partial charge in [0.2, 0.25) is 5.95 Å². The molecule has 0 atom stereocenters. The van der Waals surface area contributed by atoms with E-state index in [4.69, 9.17) is 0 Å². The molecule has 0 N–H and O–H groups in total. The molecule has 3 aromatic rings. The van der Waals surface area contributed by atoms with Crippen LogP contribution in [0.15, 0.2) is 60.9 Å². The third-order valence-corrected chi connectivity index (χ3v) is 4.76. The van der Waals surface area contributed by atoms with Crippen molar-refractivity contribution in [1.29, 1.82) is 0 Å². The number of hydrogen-bond acceptors (Lipinski definition) is 7. The lowest BCUT2D eigenvalue weighted by atomic mass is 10.2. The maximum Gasteiger partial charge on any atom is 0.278 e. The van der Waals surface area contributed by atoms with Crippen molar-refractivity contribution in [2.75, 3.05) is 47.9 Å². The molecule has 8 heteroatoms. The molecule has 0 radical (unpaired) electrons. The van der Waals surface area contributed by atoms with Crippen LogP contribution < -0.4 is 14.7 Å². The molecule has 1 aliphatic heterocycles. The van der Waals surface area contributed by atoms with Gasteiger partial charge in [-0.1, -0.05) is 18.2 Å². The standard InChI is InChI=1S/C20H21N7O/c1-25(16-6-3-2-4-7-16)19(28)17-8-9-18(24-23-17)26-12-14-27(15-13-26)20-21-10-5-11-22-20/h2-11H,12-15H2,1H3. The van der Waals surface area contributed by atoms with Gasteiger partial charge in [-0.05, 0) is 30.3 Å². The number of anilines is 3. The Bertz CT molecular complexity index is 910. The second kappa shape index (κ2) is 7.99. The number of para-hydroxylation sites is 1. The highest BCUT2D eigenvalue weighted by molar-refractivity contribution is 6.04. The fourth-order valence-corrected chi connectivity index (χ4v) is 3.14. The smallest absolute Gasteiger partial charge is 0.278 e. The summed E-state index contributed by atoms with van der Waals surface area (Å²) in [6, 6.07) is 14.9. The number of rotatable bonds is 4. The molecule has 0 saturated carbocycles. The second-order valence-corrected chi connectivity index (χ2v) is 6.50. The van der Waals surface area contributed by atoms with Gasteiger partial charge in [-0.25, -0.2) is 9.97 Å². The lowest BCUT2D eigenvalue weighted by Crippen LogP contribution is -2.47. The summed E-state index contributed by atoms with van der Waals surface area (Å²) >= 11 is 0. The molecule has 4 rings (SSSR count). The van der Waals surface area contributed by atoms with Crippen molar-refractivity contribution < 1.29 is 4.79 Å². The second-order valence-electron chi connectivity index (χ2n) is 6.50. The molecule has 3 heterocycles. The summed E-state index contributed by atoms with van der Waals surface area (Å²) in [5.41, 5.74) is 1.14. The summed E-state index contributed by atoms with van der Waals surface area (Å²) in [4.78, 5) is 27.1. The number of benzene rings is 1. The Morgan fingerprint density at radius 3 is 2.18 bits per heavy atom. The van der Waals surface area contributed by atoms with Crippen LogP contribution in [0.5, 0.6) is 0 Å². The van der Waals surface area contributed by atoms with Gasteiger partial charge in [0.1, 0.15) is 0 Å². The van der Waals surface area contributed by atoms with E-state index in [1.807, 2.05) is 42.5 Å². The third-order valence-electron chi connectivity index (χ3n) is 4.76. The van der Waals surface area contributed by atoms with Gasteiger partial charge in [0, 0.05) is 51.3 Å². The van der Waals surface area contributed by atoms with Crippen LogP contribution in [0.4, 0.5) is 17.5 Å². The molecular formula is C20H21N7O. The Morgan fingerprint density at radius 1 is 0.857 bits per heavy atom. The lowest BCUT2D eigenvalue weighted by Gasteiger charge is -2.35. The summed E-state index contributed by atoms with van der Waals surface area (Å²) in [6.45, 7) is 3.21. The van der Waals surface area contributed by atoms with Crippen LogP contribution in [0.2, 0.25) is 0 Å². The molecule has 8 nitrogen and oxygen atoms in total. The number of hydrogen-bond donors (Lipinski definition) is 0. The van der Waals surface area contributed by atoms with Gasteiger partial charge in [-0.15, -0.1) is 10.2 Å². The molecule has 0 aliphatic carbocycles. The Hall–Kier alpha value is -3.55. The minimum Gasteiger partial charge on any atom is -0.352 e. The van der Waals surface area contributed by atoms with E-state index in [9.17, 15) is 4.79 Å². The highest BCUT2D eigenvalue weighted by Gasteiger charge is 2.21. The minimum atomic E-state index is -0.184. The van der Waals surface area contributed by atoms with E-state index in [0.717, 1.165) is 43.6 Å².